The summed E-state index contributed by atoms with van der Waals surface area (Å²) in [5.41, 5.74) is 0.417. The summed E-state index contributed by atoms with van der Waals surface area (Å²) in [4.78, 5) is 43.1. The molecule has 162 valence electrons. The fraction of sp³-hybridized carbons (Fsp3) is 0.273. The van der Waals surface area contributed by atoms with E-state index < -0.39 is 16.8 Å². The second kappa shape index (κ2) is 8.93. The van der Waals surface area contributed by atoms with Gasteiger partial charge in [0.15, 0.2) is 11.2 Å². The van der Waals surface area contributed by atoms with Crippen LogP contribution in [0.15, 0.2) is 56.4 Å². The average Bonchev–Trinajstić information content (AvgIpc) is 3.15. The van der Waals surface area contributed by atoms with Gasteiger partial charge in [-0.05, 0) is 19.4 Å². The molecular weight excluding hydrogens is 421 g/mol. The minimum absolute atomic E-state index is 0. The van der Waals surface area contributed by atoms with Crippen LogP contribution in [0.3, 0.4) is 0 Å². The zero-order valence-electron chi connectivity index (χ0n) is 19.8. The first-order valence-electron chi connectivity index (χ1n) is 9.82. The standard InChI is InChI=1S/C22H23N5O4.Na.H/c1-13(2)10-11-15-18(28)26(12-14-8-6-5-7-9-14)21-23-17-16(27(21)19(15)29)20(30)25(4)22(31)24(17)3;;/h5-10,28H,11-12H2,1-4H3;;/q;+1;-1. The Kier molecular flexibility index (Phi) is 6.64. The van der Waals surface area contributed by atoms with Gasteiger partial charge < -0.3 is 6.53 Å². The minimum Gasteiger partial charge on any atom is -1.00 e. The SMILES string of the molecule is CC(C)=CCc1c(O)n(Cc2ccccc2)c2nc3c(c(=O)n(C)c(=O)n3C)n2c1=O.[H-].[Na+]. The molecule has 0 unspecified atom stereocenters. The zero-order chi connectivity index (χ0) is 22.4. The molecule has 0 saturated heterocycles. The predicted octanol–water partition coefficient (Wildman–Crippen LogP) is -1.57. The van der Waals surface area contributed by atoms with Gasteiger partial charge in [0.25, 0.3) is 11.1 Å². The number of allylic oxidation sites excluding steroid dienone is 2. The van der Waals surface area contributed by atoms with Crippen LogP contribution < -0.4 is 46.4 Å². The van der Waals surface area contributed by atoms with Gasteiger partial charge in [-0.1, -0.05) is 42.0 Å². The summed E-state index contributed by atoms with van der Waals surface area (Å²) in [6.45, 7) is 4.03. The quantitative estimate of drug-likeness (QED) is 0.302. The van der Waals surface area contributed by atoms with Crippen molar-refractivity contribution in [3.05, 3.63) is 84.3 Å². The Balaban J connectivity index is 0.00000193. The number of hydrogen-bond acceptors (Lipinski definition) is 5. The maximum absolute atomic E-state index is 13.4. The van der Waals surface area contributed by atoms with Crippen LogP contribution in [0, 0.1) is 0 Å². The Morgan fingerprint density at radius 2 is 1.72 bits per heavy atom. The van der Waals surface area contributed by atoms with Gasteiger partial charge in [0, 0.05) is 20.5 Å². The van der Waals surface area contributed by atoms with E-state index in [9.17, 15) is 19.5 Å². The van der Waals surface area contributed by atoms with Gasteiger partial charge in [-0.15, -0.1) is 0 Å². The average molecular weight is 445 g/mol. The van der Waals surface area contributed by atoms with E-state index in [1.807, 2.05) is 50.3 Å². The minimum atomic E-state index is -0.618. The Morgan fingerprint density at radius 1 is 1.06 bits per heavy atom. The first-order chi connectivity index (χ1) is 14.7. The zero-order valence-corrected chi connectivity index (χ0v) is 20.8. The van der Waals surface area contributed by atoms with E-state index in [2.05, 4.69) is 4.98 Å². The van der Waals surface area contributed by atoms with Crippen molar-refractivity contribution in [3.63, 3.8) is 0 Å². The molecule has 0 atom stereocenters. The first-order valence-corrected chi connectivity index (χ1v) is 9.82. The number of aromatic hydroxyl groups is 1. The van der Waals surface area contributed by atoms with Crippen molar-refractivity contribution >= 4 is 16.9 Å². The first kappa shape index (κ1) is 23.8. The van der Waals surface area contributed by atoms with Crippen LogP contribution in [0.25, 0.3) is 16.9 Å². The second-order valence-corrected chi connectivity index (χ2v) is 7.79. The van der Waals surface area contributed by atoms with Crippen LogP contribution in [-0.4, -0.2) is 28.2 Å². The van der Waals surface area contributed by atoms with Gasteiger partial charge in [-0.2, -0.15) is 4.98 Å². The van der Waals surface area contributed by atoms with Crippen LogP contribution in [0.1, 0.15) is 26.4 Å². The number of benzene rings is 1. The fourth-order valence-electron chi connectivity index (χ4n) is 3.64. The summed E-state index contributed by atoms with van der Waals surface area (Å²) in [5.74, 6) is -0.114. The van der Waals surface area contributed by atoms with Crippen molar-refractivity contribution in [2.45, 2.75) is 26.8 Å². The molecule has 1 aromatic carbocycles. The van der Waals surface area contributed by atoms with E-state index >= 15 is 0 Å². The molecule has 0 saturated carbocycles. The predicted molar refractivity (Wildman–Crippen MR) is 119 cm³/mol. The largest absolute Gasteiger partial charge is 1.00 e. The molecular formula is C22H24N5NaO4. The third-order valence-corrected chi connectivity index (χ3v) is 5.37. The van der Waals surface area contributed by atoms with E-state index in [4.69, 9.17) is 0 Å². The van der Waals surface area contributed by atoms with Gasteiger partial charge in [0.1, 0.15) is 0 Å². The molecule has 3 aromatic heterocycles. The molecule has 0 radical (unpaired) electrons. The van der Waals surface area contributed by atoms with E-state index in [1.54, 1.807) is 0 Å². The number of fused-ring (bicyclic) bond motifs is 3. The molecule has 0 bridgehead atoms. The molecule has 9 nitrogen and oxygen atoms in total. The molecule has 0 aliphatic rings. The number of nitrogens with zero attached hydrogens (tertiary/aromatic N) is 5. The van der Waals surface area contributed by atoms with E-state index in [0.717, 1.165) is 15.7 Å². The normalized spacial score (nSPS) is 11.0. The molecule has 4 rings (SSSR count). The second-order valence-electron chi connectivity index (χ2n) is 7.79. The van der Waals surface area contributed by atoms with Crippen molar-refractivity contribution in [3.8, 4) is 5.88 Å². The summed E-state index contributed by atoms with van der Waals surface area (Å²) >= 11 is 0. The maximum Gasteiger partial charge on any atom is 1.00 e. The summed E-state index contributed by atoms with van der Waals surface area (Å²) in [7, 11) is 2.85. The fourth-order valence-corrected chi connectivity index (χ4v) is 3.64. The number of imidazole rings is 1. The van der Waals surface area contributed by atoms with Gasteiger partial charge in [0.2, 0.25) is 11.7 Å². The molecule has 0 aliphatic carbocycles. The topological polar surface area (TPSA) is 104 Å². The van der Waals surface area contributed by atoms with Gasteiger partial charge in [-0.25, -0.2) is 9.20 Å². The van der Waals surface area contributed by atoms with Crippen molar-refractivity contribution in [1.82, 2.24) is 23.1 Å². The molecule has 1 N–H and O–H groups in total. The molecule has 4 aromatic rings. The molecule has 0 spiro atoms. The Labute approximate surface area is 206 Å². The van der Waals surface area contributed by atoms with E-state index in [-0.39, 0.29) is 72.3 Å². The van der Waals surface area contributed by atoms with Crippen molar-refractivity contribution in [2.24, 2.45) is 14.1 Å². The van der Waals surface area contributed by atoms with Crippen LogP contribution in [0.4, 0.5) is 0 Å². The molecule has 0 amide bonds. The van der Waals surface area contributed by atoms with Crippen LogP contribution in [-0.2, 0) is 27.1 Å². The van der Waals surface area contributed by atoms with Crippen LogP contribution in [0.2, 0.25) is 0 Å². The smallest absolute Gasteiger partial charge is 1.00 e. The third-order valence-electron chi connectivity index (χ3n) is 5.37. The molecule has 10 heteroatoms. The molecule has 3 heterocycles. The summed E-state index contributed by atoms with van der Waals surface area (Å²) in [6, 6.07) is 9.41. The number of aromatic nitrogens is 5. The Morgan fingerprint density at radius 3 is 2.34 bits per heavy atom. The monoisotopic (exact) mass is 445 g/mol. The molecule has 32 heavy (non-hydrogen) atoms. The van der Waals surface area contributed by atoms with Crippen LogP contribution in [0.5, 0.6) is 5.88 Å². The van der Waals surface area contributed by atoms with Crippen LogP contribution >= 0.6 is 0 Å². The molecule has 0 aliphatic heterocycles. The van der Waals surface area contributed by atoms with Crippen molar-refractivity contribution < 1.29 is 36.1 Å². The van der Waals surface area contributed by atoms with Crippen molar-refractivity contribution in [1.29, 1.82) is 0 Å². The number of rotatable bonds is 4. The van der Waals surface area contributed by atoms with Gasteiger partial charge in [-0.3, -0.25) is 23.3 Å². The van der Waals surface area contributed by atoms with Gasteiger partial charge >= 0.3 is 35.2 Å². The Hall–Kier alpha value is -2.88. The molecule has 0 fully saturated rings. The van der Waals surface area contributed by atoms with Gasteiger partial charge in [0.05, 0.1) is 12.1 Å². The van der Waals surface area contributed by atoms with E-state index in [1.165, 1.54) is 27.6 Å². The summed E-state index contributed by atoms with van der Waals surface area (Å²) in [5, 5.41) is 11.0. The number of aryl methyl sites for hydroxylation is 1. The Bertz CT molecular complexity index is 1540. The number of hydrogen-bond donors (Lipinski definition) is 1. The van der Waals surface area contributed by atoms with E-state index in [0.29, 0.717) is 0 Å². The summed E-state index contributed by atoms with van der Waals surface area (Å²) < 4.78 is 4.87. The maximum atomic E-state index is 13.4. The summed E-state index contributed by atoms with van der Waals surface area (Å²) in [6.07, 6.45) is 2.03. The third kappa shape index (κ3) is 3.76. The van der Waals surface area contributed by atoms with Crippen molar-refractivity contribution in [2.75, 3.05) is 0 Å².